The van der Waals surface area contributed by atoms with Crippen molar-refractivity contribution < 1.29 is 28.3 Å². The second-order valence-corrected chi connectivity index (χ2v) is 13.2. The number of benzene rings is 3. The molecule has 1 aliphatic heterocycles. The SMILES string of the molecule is Cc1ccccc1C(C(=O)N1CCC(C(=O)c2ccc(F)cc2)CC1)n1cnc(NC(=O)C(COCc2ccccc2)NC(=O)C(C)(C)N)c1. The highest BCUT2D eigenvalue weighted by Crippen LogP contribution is 2.29. The van der Waals surface area contributed by atoms with Gasteiger partial charge < -0.3 is 30.6 Å². The third-order valence-corrected chi connectivity index (χ3v) is 8.78. The Bertz CT molecular complexity index is 1800. The molecule has 0 radical (unpaired) electrons. The number of anilines is 1. The van der Waals surface area contributed by atoms with E-state index in [1.165, 1.54) is 30.6 Å². The summed E-state index contributed by atoms with van der Waals surface area (Å²) in [5, 5.41) is 5.43. The minimum absolute atomic E-state index is 0.0578. The number of rotatable bonds is 13. The standard InChI is InChI=1S/C38H43FN6O5/c1-25-9-7-8-12-30(25)33(36(48)44-19-17-28(18-20-44)34(46)27-13-15-29(39)16-14-27)45-21-32(41-24-45)43-35(47)31(42-37(49)38(2,3)40)23-50-22-26-10-5-4-6-11-26/h4-16,21,24,28,31,33H,17-20,22-23,40H2,1-3H3,(H,42,49)(H,43,47). The van der Waals surface area contributed by atoms with E-state index in [-0.39, 0.29) is 36.6 Å². The van der Waals surface area contributed by atoms with Crippen molar-refractivity contribution >= 4 is 29.3 Å². The maximum Gasteiger partial charge on any atom is 0.250 e. The zero-order valence-corrected chi connectivity index (χ0v) is 28.5. The number of hydrogen-bond donors (Lipinski definition) is 3. The van der Waals surface area contributed by atoms with Gasteiger partial charge in [0.2, 0.25) is 11.8 Å². The summed E-state index contributed by atoms with van der Waals surface area (Å²) in [6.07, 6.45) is 4.02. The molecule has 2 unspecified atom stereocenters. The second kappa shape index (κ2) is 16.0. The van der Waals surface area contributed by atoms with E-state index in [1.807, 2.05) is 61.5 Å². The number of nitrogens with one attached hydrogen (secondary N) is 2. The number of likely N-dealkylation sites (tertiary alicyclic amines) is 1. The summed E-state index contributed by atoms with van der Waals surface area (Å²) < 4.78 is 20.8. The van der Waals surface area contributed by atoms with Gasteiger partial charge in [-0.3, -0.25) is 19.2 Å². The number of carbonyl (C=O) groups excluding carboxylic acids is 4. The molecule has 50 heavy (non-hydrogen) atoms. The van der Waals surface area contributed by atoms with Crippen LogP contribution >= 0.6 is 0 Å². The number of Topliss-reactive ketones (excluding diaryl/α,β-unsaturated/α-hetero) is 1. The summed E-state index contributed by atoms with van der Waals surface area (Å²) in [7, 11) is 0. The van der Waals surface area contributed by atoms with E-state index in [9.17, 15) is 23.6 Å². The second-order valence-electron chi connectivity index (χ2n) is 13.2. The molecule has 3 aromatic carbocycles. The van der Waals surface area contributed by atoms with Crippen LogP contribution in [0.5, 0.6) is 0 Å². The Morgan fingerprint density at radius 1 is 0.980 bits per heavy atom. The number of hydrogen-bond acceptors (Lipinski definition) is 7. The van der Waals surface area contributed by atoms with Gasteiger partial charge in [-0.15, -0.1) is 0 Å². The molecule has 1 fully saturated rings. The predicted molar refractivity (Wildman–Crippen MR) is 187 cm³/mol. The summed E-state index contributed by atoms with van der Waals surface area (Å²) >= 11 is 0. The number of ketones is 1. The zero-order valence-electron chi connectivity index (χ0n) is 28.5. The molecule has 0 aliphatic carbocycles. The highest BCUT2D eigenvalue weighted by atomic mass is 19.1. The quantitative estimate of drug-likeness (QED) is 0.177. The van der Waals surface area contributed by atoms with Crippen LogP contribution in [0.15, 0.2) is 91.4 Å². The average Bonchev–Trinajstić information content (AvgIpc) is 3.56. The van der Waals surface area contributed by atoms with Crippen LogP contribution in [0.4, 0.5) is 10.2 Å². The Balaban J connectivity index is 1.30. The lowest BCUT2D eigenvalue weighted by atomic mass is 9.88. The van der Waals surface area contributed by atoms with E-state index in [1.54, 1.807) is 29.5 Å². The van der Waals surface area contributed by atoms with E-state index in [2.05, 4.69) is 15.6 Å². The Kier molecular flexibility index (Phi) is 11.6. The smallest absolute Gasteiger partial charge is 0.250 e. The van der Waals surface area contributed by atoms with Gasteiger partial charge in [0.05, 0.1) is 25.1 Å². The number of ether oxygens (including phenoxy) is 1. The van der Waals surface area contributed by atoms with Gasteiger partial charge in [-0.2, -0.15) is 0 Å². The first-order valence-corrected chi connectivity index (χ1v) is 16.6. The van der Waals surface area contributed by atoms with E-state index in [0.29, 0.717) is 31.5 Å². The molecule has 1 aliphatic rings. The average molecular weight is 683 g/mol. The number of aryl methyl sites for hydroxylation is 1. The Morgan fingerprint density at radius 2 is 1.64 bits per heavy atom. The monoisotopic (exact) mass is 682 g/mol. The van der Waals surface area contributed by atoms with Crippen molar-refractivity contribution in [2.24, 2.45) is 11.7 Å². The lowest BCUT2D eigenvalue weighted by Crippen LogP contribution is -2.56. The molecule has 3 amide bonds. The van der Waals surface area contributed by atoms with Crippen LogP contribution in [-0.4, -0.2) is 69.2 Å². The molecule has 4 N–H and O–H groups in total. The lowest BCUT2D eigenvalue weighted by molar-refractivity contribution is -0.134. The molecule has 12 heteroatoms. The zero-order chi connectivity index (χ0) is 35.8. The molecule has 2 heterocycles. The molecule has 1 aromatic heterocycles. The Hall–Kier alpha value is -5.20. The molecule has 2 atom stereocenters. The van der Waals surface area contributed by atoms with Crippen LogP contribution < -0.4 is 16.4 Å². The summed E-state index contributed by atoms with van der Waals surface area (Å²) in [5.74, 6) is -1.82. The van der Waals surface area contributed by atoms with Crippen LogP contribution in [0.1, 0.15) is 59.8 Å². The van der Waals surface area contributed by atoms with Gasteiger partial charge in [0.25, 0.3) is 5.91 Å². The first-order chi connectivity index (χ1) is 23.9. The minimum atomic E-state index is -1.23. The van der Waals surface area contributed by atoms with Crippen molar-refractivity contribution in [3.8, 4) is 0 Å². The normalized spacial score (nSPS) is 14.9. The molecular formula is C38H43FN6O5. The number of imidazole rings is 1. The maximum absolute atomic E-state index is 14.2. The van der Waals surface area contributed by atoms with Crippen molar-refractivity contribution in [3.05, 3.63) is 119 Å². The van der Waals surface area contributed by atoms with E-state index in [0.717, 1.165) is 16.7 Å². The predicted octanol–water partition coefficient (Wildman–Crippen LogP) is 4.42. The molecule has 11 nitrogen and oxygen atoms in total. The molecular weight excluding hydrogens is 639 g/mol. The van der Waals surface area contributed by atoms with Crippen LogP contribution in [0.25, 0.3) is 0 Å². The van der Waals surface area contributed by atoms with E-state index in [4.69, 9.17) is 10.5 Å². The Labute approximate surface area is 291 Å². The molecule has 0 saturated carbocycles. The first-order valence-electron chi connectivity index (χ1n) is 16.6. The fraction of sp³-hybridized carbons (Fsp3) is 0.342. The molecule has 1 saturated heterocycles. The first kappa shape index (κ1) is 36.1. The molecule has 0 spiro atoms. The molecule has 0 bridgehead atoms. The fourth-order valence-electron chi connectivity index (χ4n) is 5.85. The highest BCUT2D eigenvalue weighted by Gasteiger charge is 2.34. The van der Waals surface area contributed by atoms with Gasteiger partial charge in [0.1, 0.15) is 17.9 Å². The number of piperidine rings is 1. The third kappa shape index (κ3) is 9.07. The largest absolute Gasteiger partial charge is 0.374 e. The number of amides is 3. The fourth-order valence-corrected chi connectivity index (χ4v) is 5.85. The maximum atomic E-state index is 14.2. The van der Waals surface area contributed by atoms with E-state index >= 15 is 0 Å². The van der Waals surface area contributed by atoms with Crippen LogP contribution in [0.2, 0.25) is 0 Å². The van der Waals surface area contributed by atoms with Gasteiger partial charge in [0, 0.05) is 30.8 Å². The highest BCUT2D eigenvalue weighted by molar-refractivity contribution is 5.99. The summed E-state index contributed by atoms with van der Waals surface area (Å²) in [4.78, 5) is 59.6. The topological polar surface area (TPSA) is 149 Å². The van der Waals surface area contributed by atoms with Crippen molar-refractivity contribution in [1.29, 1.82) is 0 Å². The summed E-state index contributed by atoms with van der Waals surface area (Å²) in [6, 6.07) is 20.7. The molecule has 262 valence electrons. The van der Waals surface area contributed by atoms with Crippen LogP contribution in [0, 0.1) is 18.7 Å². The van der Waals surface area contributed by atoms with Crippen LogP contribution in [-0.2, 0) is 25.7 Å². The van der Waals surface area contributed by atoms with E-state index < -0.39 is 35.3 Å². The summed E-state index contributed by atoms with van der Waals surface area (Å²) in [5.41, 5.74) is 7.78. The van der Waals surface area contributed by atoms with Gasteiger partial charge in [-0.25, -0.2) is 9.37 Å². The number of nitrogens with zero attached hydrogens (tertiary/aromatic N) is 3. The van der Waals surface area contributed by atoms with Crippen LogP contribution in [0.3, 0.4) is 0 Å². The van der Waals surface area contributed by atoms with Gasteiger partial charge >= 0.3 is 0 Å². The molecule has 5 rings (SSSR count). The van der Waals surface area contributed by atoms with Crippen molar-refractivity contribution in [2.45, 2.75) is 57.8 Å². The lowest BCUT2D eigenvalue weighted by Gasteiger charge is -2.34. The van der Waals surface area contributed by atoms with Crippen molar-refractivity contribution in [3.63, 3.8) is 0 Å². The number of halogens is 1. The van der Waals surface area contributed by atoms with Crippen molar-refractivity contribution in [2.75, 3.05) is 25.0 Å². The minimum Gasteiger partial charge on any atom is -0.374 e. The third-order valence-electron chi connectivity index (χ3n) is 8.78. The van der Waals surface area contributed by atoms with Crippen molar-refractivity contribution in [1.82, 2.24) is 19.8 Å². The number of carbonyl (C=O) groups is 4. The number of aromatic nitrogens is 2. The summed E-state index contributed by atoms with van der Waals surface area (Å²) in [6.45, 7) is 5.87. The molecule has 4 aromatic rings. The van der Waals surface area contributed by atoms with Gasteiger partial charge in [-0.1, -0.05) is 54.6 Å². The number of nitrogens with two attached hydrogens (primary N) is 1. The van der Waals surface area contributed by atoms with Gasteiger partial charge in [-0.05, 0) is 74.6 Å². The van der Waals surface area contributed by atoms with Gasteiger partial charge in [0.15, 0.2) is 11.6 Å². The Morgan fingerprint density at radius 3 is 2.30 bits per heavy atom.